The van der Waals surface area contributed by atoms with Crippen LogP contribution in [-0.2, 0) is 0 Å². The molecule has 0 fully saturated rings. The van der Waals surface area contributed by atoms with E-state index in [9.17, 15) is 4.79 Å². The molecule has 0 spiro atoms. The number of amides is 1. The lowest BCUT2D eigenvalue weighted by atomic mass is 10.2. The van der Waals surface area contributed by atoms with E-state index in [1.54, 1.807) is 23.1 Å². The third kappa shape index (κ3) is 5.95. The van der Waals surface area contributed by atoms with Gasteiger partial charge in [0.25, 0.3) is 5.91 Å². The predicted molar refractivity (Wildman–Crippen MR) is 132 cm³/mol. The Kier molecular flexibility index (Phi) is 9.43. The van der Waals surface area contributed by atoms with Crippen LogP contribution >= 0.6 is 51.4 Å². The van der Waals surface area contributed by atoms with Gasteiger partial charge in [0, 0.05) is 28.0 Å². The fraction of sp³-hybridized carbons (Fsp3) is 0.333. The van der Waals surface area contributed by atoms with E-state index in [1.807, 2.05) is 35.2 Å². The molecule has 3 rings (SSSR count). The lowest BCUT2D eigenvalue weighted by Gasteiger charge is -2.24. The number of anilines is 1. The quantitative estimate of drug-likeness (QED) is 0.336. The lowest BCUT2D eigenvalue weighted by Crippen LogP contribution is -2.38. The standard InChI is InChI=1S/C21H24BrN3OS2.ClH/c1-4-24(5-2)11-12-25(20(26)15-7-6-8-16(22)13-15)21-23-18-10-9-17(27-3)14-19(18)28-21;/h6-10,13-14H,4-5,11-12H2,1-3H3;1H. The Hall–Kier alpha value is -1.12. The second kappa shape index (κ2) is 11.3. The second-order valence-electron chi connectivity index (χ2n) is 6.32. The van der Waals surface area contributed by atoms with Gasteiger partial charge >= 0.3 is 0 Å². The number of fused-ring (bicyclic) bond motifs is 1. The maximum Gasteiger partial charge on any atom is 0.260 e. The number of halogens is 2. The molecular formula is C21H25BrClN3OS2. The molecule has 1 aromatic heterocycles. The molecule has 0 saturated carbocycles. The minimum absolute atomic E-state index is 0. The predicted octanol–water partition coefficient (Wildman–Crippen LogP) is 6.19. The van der Waals surface area contributed by atoms with Crippen molar-refractivity contribution in [1.82, 2.24) is 9.88 Å². The van der Waals surface area contributed by atoms with Crippen molar-refractivity contribution in [3.8, 4) is 0 Å². The number of hydrogen-bond acceptors (Lipinski definition) is 5. The molecule has 0 aliphatic heterocycles. The minimum atomic E-state index is -0.0161. The molecule has 1 amide bonds. The molecule has 1 heterocycles. The maximum absolute atomic E-state index is 13.3. The van der Waals surface area contributed by atoms with Crippen LogP contribution in [0.4, 0.5) is 5.13 Å². The zero-order chi connectivity index (χ0) is 20.1. The highest BCUT2D eigenvalue weighted by molar-refractivity contribution is 9.10. The number of aromatic nitrogens is 1. The van der Waals surface area contributed by atoms with Crippen LogP contribution < -0.4 is 4.90 Å². The molecule has 8 heteroatoms. The third-order valence-corrected chi connectivity index (χ3v) is 6.93. The van der Waals surface area contributed by atoms with E-state index < -0.39 is 0 Å². The fourth-order valence-corrected chi connectivity index (χ4v) is 4.92. The first-order chi connectivity index (χ1) is 13.5. The minimum Gasteiger partial charge on any atom is -0.302 e. The fourth-order valence-electron chi connectivity index (χ4n) is 2.98. The van der Waals surface area contributed by atoms with Crippen LogP contribution in [0.25, 0.3) is 10.2 Å². The number of carbonyl (C=O) groups is 1. The molecule has 3 aromatic rings. The summed E-state index contributed by atoms with van der Waals surface area (Å²) in [5.41, 5.74) is 1.60. The normalized spacial score (nSPS) is 10.9. The number of likely N-dealkylation sites (N-methyl/N-ethyl adjacent to an activating group) is 1. The zero-order valence-corrected chi connectivity index (χ0v) is 20.8. The Morgan fingerprint density at radius 2 is 1.90 bits per heavy atom. The molecule has 0 bridgehead atoms. The van der Waals surface area contributed by atoms with Gasteiger partial charge in [-0.25, -0.2) is 4.98 Å². The SMILES string of the molecule is CCN(CC)CCN(C(=O)c1cccc(Br)c1)c1nc2ccc(SC)cc2s1.Cl. The largest absolute Gasteiger partial charge is 0.302 e. The number of benzene rings is 2. The third-order valence-electron chi connectivity index (χ3n) is 4.67. The van der Waals surface area contributed by atoms with Gasteiger partial charge < -0.3 is 4.90 Å². The molecule has 0 unspecified atom stereocenters. The van der Waals surface area contributed by atoms with Crippen LogP contribution in [0.5, 0.6) is 0 Å². The van der Waals surface area contributed by atoms with Crippen molar-refractivity contribution >= 4 is 72.7 Å². The molecule has 29 heavy (non-hydrogen) atoms. The van der Waals surface area contributed by atoms with E-state index in [0.29, 0.717) is 12.1 Å². The van der Waals surface area contributed by atoms with E-state index in [4.69, 9.17) is 4.98 Å². The Morgan fingerprint density at radius 3 is 2.55 bits per heavy atom. The highest BCUT2D eigenvalue weighted by Crippen LogP contribution is 2.32. The highest BCUT2D eigenvalue weighted by atomic mass is 79.9. The monoisotopic (exact) mass is 513 g/mol. The molecule has 0 aliphatic carbocycles. The summed E-state index contributed by atoms with van der Waals surface area (Å²) in [7, 11) is 0. The van der Waals surface area contributed by atoms with Gasteiger partial charge in [-0.05, 0) is 55.7 Å². The molecule has 156 valence electrons. The van der Waals surface area contributed by atoms with Crippen molar-refractivity contribution in [2.75, 3.05) is 37.3 Å². The molecule has 0 N–H and O–H groups in total. The smallest absolute Gasteiger partial charge is 0.260 e. The Labute approximate surface area is 195 Å². The van der Waals surface area contributed by atoms with Crippen LogP contribution in [-0.4, -0.2) is 48.2 Å². The van der Waals surface area contributed by atoms with Gasteiger partial charge in [0.15, 0.2) is 5.13 Å². The average molecular weight is 515 g/mol. The molecule has 0 saturated heterocycles. The summed E-state index contributed by atoms with van der Waals surface area (Å²) in [4.78, 5) is 23.5. The molecule has 2 aromatic carbocycles. The number of nitrogens with zero attached hydrogens (tertiary/aromatic N) is 3. The summed E-state index contributed by atoms with van der Waals surface area (Å²) in [6, 6.07) is 13.8. The van der Waals surface area contributed by atoms with Crippen LogP contribution in [0.1, 0.15) is 24.2 Å². The summed E-state index contributed by atoms with van der Waals surface area (Å²) in [5, 5.41) is 0.755. The van der Waals surface area contributed by atoms with E-state index in [1.165, 1.54) is 4.90 Å². The maximum atomic E-state index is 13.3. The van der Waals surface area contributed by atoms with Gasteiger partial charge in [0.1, 0.15) is 0 Å². The second-order valence-corrected chi connectivity index (χ2v) is 9.13. The van der Waals surface area contributed by atoms with Crippen LogP contribution in [0.2, 0.25) is 0 Å². The molecule has 0 aliphatic rings. The number of rotatable bonds is 8. The number of thiazole rings is 1. The first-order valence-corrected chi connectivity index (χ1v) is 12.1. The van der Waals surface area contributed by atoms with Crippen molar-refractivity contribution in [2.45, 2.75) is 18.7 Å². The van der Waals surface area contributed by atoms with Crippen molar-refractivity contribution in [1.29, 1.82) is 0 Å². The van der Waals surface area contributed by atoms with Crippen molar-refractivity contribution < 1.29 is 4.79 Å². The van der Waals surface area contributed by atoms with Gasteiger partial charge in [0.05, 0.1) is 10.2 Å². The van der Waals surface area contributed by atoms with E-state index in [-0.39, 0.29) is 18.3 Å². The van der Waals surface area contributed by atoms with Gasteiger partial charge in [0.2, 0.25) is 0 Å². The van der Waals surface area contributed by atoms with Crippen molar-refractivity contribution in [2.24, 2.45) is 0 Å². The average Bonchev–Trinajstić information content (AvgIpc) is 3.13. The van der Waals surface area contributed by atoms with E-state index in [2.05, 4.69) is 53.1 Å². The van der Waals surface area contributed by atoms with Gasteiger partial charge in [-0.15, -0.1) is 24.2 Å². The molecule has 0 radical (unpaired) electrons. The number of thioether (sulfide) groups is 1. The van der Waals surface area contributed by atoms with Crippen LogP contribution in [0, 0.1) is 0 Å². The highest BCUT2D eigenvalue weighted by Gasteiger charge is 2.22. The Bertz CT molecular complexity index is 962. The molecule has 4 nitrogen and oxygen atoms in total. The zero-order valence-electron chi connectivity index (χ0n) is 16.7. The first-order valence-electron chi connectivity index (χ1n) is 9.30. The Balaban J connectivity index is 0.00000300. The Morgan fingerprint density at radius 1 is 1.14 bits per heavy atom. The van der Waals surface area contributed by atoms with Crippen molar-refractivity contribution in [3.63, 3.8) is 0 Å². The van der Waals surface area contributed by atoms with Gasteiger partial charge in [-0.3, -0.25) is 9.69 Å². The topological polar surface area (TPSA) is 36.4 Å². The van der Waals surface area contributed by atoms with Crippen LogP contribution in [0.15, 0.2) is 51.8 Å². The van der Waals surface area contributed by atoms with Gasteiger partial charge in [-0.1, -0.05) is 47.2 Å². The summed E-state index contributed by atoms with van der Waals surface area (Å²) < 4.78 is 2.01. The first kappa shape index (κ1) is 24.2. The lowest BCUT2D eigenvalue weighted by molar-refractivity contribution is 0.0983. The number of carbonyl (C=O) groups excluding carboxylic acids is 1. The van der Waals surface area contributed by atoms with E-state index in [0.717, 1.165) is 39.5 Å². The van der Waals surface area contributed by atoms with Gasteiger partial charge in [-0.2, -0.15) is 0 Å². The van der Waals surface area contributed by atoms with Crippen molar-refractivity contribution in [3.05, 3.63) is 52.5 Å². The summed E-state index contributed by atoms with van der Waals surface area (Å²) in [6.45, 7) is 7.65. The number of hydrogen-bond donors (Lipinski definition) is 0. The van der Waals surface area contributed by atoms with Crippen LogP contribution in [0.3, 0.4) is 0 Å². The summed E-state index contributed by atoms with van der Waals surface area (Å²) in [5.74, 6) is -0.0161. The molecular weight excluding hydrogens is 490 g/mol. The summed E-state index contributed by atoms with van der Waals surface area (Å²) >= 11 is 6.76. The summed E-state index contributed by atoms with van der Waals surface area (Å²) in [6.07, 6.45) is 2.07. The van der Waals surface area contributed by atoms with E-state index >= 15 is 0 Å². The molecule has 0 atom stereocenters.